The normalized spacial score (nSPS) is 20.6. The Hall–Kier alpha value is -2.50. The zero-order valence-electron chi connectivity index (χ0n) is 18.6. The second-order valence-electron chi connectivity index (χ2n) is 8.11. The summed E-state index contributed by atoms with van der Waals surface area (Å²) in [4.78, 5) is 38.7. The molecule has 9 nitrogen and oxygen atoms in total. The minimum atomic E-state index is -4.33. The summed E-state index contributed by atoms with van der Waals surface area (Å²) < 4.78 is 38.7. The fourth-order valence-corrected chi connectivity index (χ4v) is 6.51. The molecule has 2 unspecified atom stereocenters. The van der Waals surface area contributed by atoms with Gasteiger partial charge in [0.15, 0.2) is 0 Å². The molecule has 0 spiro atoms. The maximum Gasteiger partial charge on any atom is 0.337 e. The molecule has 0 N–H and O–H groups in total. The second-order valence-corrected chi connectivity index (χ2v) is 10.8. The van der Waals surface area contributed by atoms with Crippen molar-refractivity contribution in [3.63, 3.8) is 0 Å². The lowest BCUT2D eigenvalue weighted by atomic mass is 10.2. The minimum absolute atomic E-state index is 0.0567. The van der Waals surface area contributed by atoms with E-state index in [0.29, 0.717) is 13.0 Å². The number of esters is 1. The third-order valence-electron chi connectivity index (χ3n) is 5.90. The molecule has 0 aliphatic carbocycles. The number of anilines is 1. The monoisotopic (exact) mass is 540 g/mol. The van der Waals surface area contributed by atoms with Crippen LogP contribution in [0.1, 0.15) is 29.6 Å². The van der Waals surface area contributed by atoms with Crippen molar-refractivity contribution in [1.82, 2.24) is 4.31 Å². The largest absolute Gasteiger partial charge is 0.465 e. The number of carbonyl (C=O) groups excluding carboxylic acids is 3. The van der Waals surface area contributed by atoms with Crippen LogP contribution < -0.4 is 4.90 Å². The third-order valence-corrected chi connectivity index (χ3v) is 8.50. The molecule has 0 radical (unpaired) electrons. The Morgan fingerprint density at radius 1 is 1.17 bits per heavy atom. The van der Waals surface area contributed by atoms with Crippen LogP contribution in [0.5, 0.6) is 0 Å². The second kappa shape index (κ2) is 10.2. The van der Waals surface area contributed by atoms with Crippen molar-refractivity contribution < 1.29 is 32.3 Å². The average Bonchev–Trinajstić information content (AvgIpc) is 3.45. The fraction of sp³-hybridized carbons (Fsp3) is 0.348. The molecular weight excluding hydrogens is 519 g/mol. The lowest BCUT2D eigenvalue weighted by Crippen LogP contribution is -2.48. The Balaban J connectivity index is 1.70. The molecule has 186 valence electrons. The molecule has 2 amide bonds. The quantitative estimate of drug-likeness (QED) is 0.391. The lowest BCUT2D eigenvalue weighted by molar-refractivity contribution is -0.122. The van der Waals surface area contributed by atoms with E-state index in [1.807, 2.05) is 0 Å². The van der Waals surface area contributed by atoms with E-state index in [9.17, 15) is 22.8 Å². The van der Waals surface area contributed by atoms with Gasteiger partial charge in [0.1, 0.15) is 10.9 Å². The van der Waals surface area contributed by atoms with Gasteiger partial charge in [0.25, 0.3) is 5.91 Å². The highest BCUT2D eigenvalue weighted by molar-refractivity contribution is 7.89. The van der Waals surface area contributed by atoms with E-state index in [0.717, 1.165) is 15.6 Å². The molecule has 2 fully saturated rings. The number of ether oxygens (including phenoxy) is 2. The SMILES string of the molecule is COC(=O)c1ccc(N2C(=O)CC(N(CC3CCCO3)S(=O)(=O)c3cc(Cl)ccc3Cl)C2=O)cc1. The number of halogens is 2. The van der Waals surface area contributed by atoms with Crippen molar-refractivity contribution in [1.29, 1.82) is 0 Å². The van der Waals surface area contributed by atoms with Crippen molar-refractivity contribution in [2.24, 2.45) is 0 Å². The van der Waals surface area contributed by atoms with Gasteiger partial charge in [-0.3, -0.25) is 9.59 Å². The number of methoxy groups -OCH3 is 1. The summed E-state index contributed by atoms with van der Waals surface area (Å²) in [6, 6.07) is 8.42. The molecule has 4 rings (SSSR count). The predicted molar refractivity (Wildman–Crippen MR) is 128 cm³/mol. The van der Waals surface area contributed by atoms with Crippen LogP contribution in [0.2, 0.25) is 10.0 Å². The van der Waals surface area contributed by atoms with E-state index in [4.69, 9.17) is 27.9 Å². The van der Waals surface area contributed by atoms with Gasteiger partial charge >= 0.3 is 5.97 Å². The van der Waals surface area contributed by atoms with Crippen LogP contribution in [0.15, 0.2) is 47.4 Å². The molecule has 2 saturated heterocycles. The van der Waals surface area contributed by atoms with Crippen LogP contribution in [-0.4, -0.2) is 62.9 Å². The number of sulfonamides is 1. The van der Waals surface area contributed by atoms with Crippen LogP contribution in [-0.2, 0) is 29.1 Å². The summed E-state index contributed by atoms with van der Waals surface area (Å²) in [6.45, 7) is 0.358. The van der Waals surface area contributed by atoms with Crippen LogP contribution >= 0.6 is 23.2 Å². The zero-order chi connectivity index (χ0) is 25.3. The van der Waals surface area contributed by atoms with E-state index < -0.39 is 40.0 Å². The standard InChI is InChI=1S/C23H22Cl2N2O7S/c1-33-23(30)14-4-7-16(8-5-14)27-21(28)12-19(22(27)29)26(13-17-3-2-10-34-17)35(31,32)20-11-15(24)6-9-18(20)25/h4-9,11,17,19H,2-3,10,12-13H2,1H3. The zero-order valence-corrected chi connectivity index (χ0v) is 21.0. The van der Waals surface area contributed by atoms with Crippen LogP contribution in [0.4, 0.5) is 5.69 Å². The first-order valence-corrected chi connectivity index (χ1v) is 13.0. The molecule has 35 heavy (non-hydrogen) atoms. The number of carbonyl (C=O) groups is 3. The smallest absolute Gasteiger partial charge is 0.337 e. The van der Waals surface area contributed by atoms with E-state index in [-0.39, 0.29) is 39.2 Å². The van der Waals surface area contributed by atoms with Crippen molar-refractivity contribution in [2.45, 2.75) is 36.3 Å². The van der Waals surface area contributed by atoms with Gasteiger partial charge in [-0.1, -0.05) is 23.2 Å². The van der Waals surface area contributed by atoms with Crippen molar-refractivity contribution >= 4 is 56.7 Å². The summed E-state index contributed by atoms with van der Waals surface area (Å²) in [5.74, 6) is -1.85. The molecule has 2 aromatic rings. The number of hydrogen-bond donors (Lipinski definition) is 0. The molecular formula is C23H22Cl2N2O7S. The van der Waals surface area contributed by atoms with Crippen LogP contribution in [0.25, 0.3) is 0 Å². The Bertz CT molecular complexity index is 1260. The topological polar surface area (TPSA) is 110 Å². The summed E-state index contributed by atoms with van der Waals surface area (Å²) >= 11 is 12.2. The number of hydrogen-bond acceptors (Lipinski definition) is 7. The van der Waals surface area contributed by atoms with E-state index in [1.54, 1.807) is 0 Å². The summed E-state index contributed by atoms with van der Waals surface area (Å²) in [6.07, 6.45) is 0.580. The van der Waals surface area contributed by atoms with E-state index in [1.165, 1.54) is 49.6 Å². The fourth-order valence-electron chi connectivity index (χ4n) is 4.16. The van der Waals surface area contributed by atoms with Gasteiger partial charge in [0.2, 0.25) is 15.9 Å². The molecule has 2 atom stereocenters. The number of amides is 2. The molecule has 0 saturated carbocycles. The number of imide groups is 1. The van der Waals surface area contributed by atoms with Gasteiger partial charge in [0, 0.05) is 18.2 Å². The summed E-state index contributed by atoms with van der Waals surface area (Å²) in [5, 5.41) is 0.102. The minimum Gasteiger partial charge on any atom is -0.465 e. The van der Waals surface area contributed by atoms with E-state index in [2.05, 4.69) is 4.74 Å². The molecule has 2 aromatic carbocycles. The van der Waals surface area contributed by atoms with Crippen molar-refractivity contribution in [2.75, 3.05) is 25.2 Å². The first kappa shape index (κ1) is 25.6. The summed E-state index contributed by atoms with van der Waals surface area (Å²) in [5.41, 5.74) is 0.454. The van der Waals surface area contributed by atoms with Gasteiger partial charge < -0.3 is 9.47 Å². The van der Waals surface area contributed by atoms with Crippen molar-refractivity contribution in [3.05, 3.63) is 58.1 Å². The highest BCUT2D eigenvalue weighted by Gasteiger charge is 2.48. The molecule has 0 aromatic heterocycles. The van der Waals surface area contributed by atoms with Crippen LogP contribution in [0.3, 0.4) is 0 Å². The van der Waals surface area contributed by atoms with Gasteiger partial charge in [-0.2, -0.15) is 4.31 Å². The Morgan fingerprint density at radius 2 is 1.89 bits per heavy atom. The Morgan fingerprint density at radius 3 is 2.51 bits per heavy atom. The summed E-state index contributed by atoms with van der Waals surface area (Å²) in [7, 11) is -3.09. The Labute approximate surface area is 212 Å². The average molecular weight is 541 g/mol. The number of nitrogens with zero attached hydrogens (tertiary/aromatic N) is 2. The van der Waals surface area contributed by atoms with Gasteiger partial charge in [-0.05, 0) is 55.3 Å². The molecule has 12 heteroatoms. The van der Waals surface area contributed by atoms with Gasteiger partial charge in [0.05, 0.1) is 35.9 Å². The first-order chi connectivity index (χ1) is 16.6. The third kappa shape index (κ3) is 5.07. The first-order valence-electron chi connectivity index (χ1n) is 10.8. The molecule has 2 aliphatic heterocycles. The van der Waals surface area contributed by atoms with Gasteiger partial charge in [-0.25, -0.2) is 18.1 Å². The maximum atomic E-state index is 13.7. The maximum absolute atomic E-state index is 13.7. The van der Waals surface area contributed by atoms with Crippen LogP contribution in [0, 0.1) is 0 Å². The lowest BCUT2D eigenvalue weighted by Gasteiger charge is -2.29. The Kier molecular flexibility index (Phi) is 7.48. The molecule has 2 aliphatic rings. The van der Waals surface area contributed by atoms with Crippen molar-refractivity contribution in [3.8, 4) is 0 Å². The van der Waals surface area contributed by atoms with Gasteiger partial charge in [-0.15, -0.1) is 0 Å². The highest BCUT2D eigenvalue weighted by atomic mass is 35.5. The number of benzene rings is 2. The number of rotatable bonds is 7. The van der Waals surface area contributed by atoms with E-state index >= 15 is 0 Å². The highest BCUT2D eigenvalue weighted by Crippen LogP contribution is 2.34. The predicted octanol–water partition coefficient (Wildman–Crippen LogP) is 3.28. The molecule has 0 bridgehead atoms. The molecule has 2 heterocycles.